The molecule has 0 spiro atoms. The molecule has 1 aromatic heterocycles. The zero-order valence-electron chi connectivity index (χ0n) is 16.8. The Morgan fingerprint density at radius 3 is 2.38 bits per heavy atom. The zero-order valence-corrected chi connectivity index (χ0v) is 17.6. The lowest BCUT2D eigenvalue weighted by atomic mass is 10.1. The molecule has 29 heavy (non-hydrogen) atoms. The third-order valence-corrected chi connectivity index (χ3v) is 5.50. The van der Waals surface area contributed by atoms with E-state index in [1.54, 1.807) is 17.2 Å². The summed E-state index contributed by atoms with van der Waals surface area (Å²) in [6, 6.07) is 17.4. The van der Waals surface area contributed by atoms with E-state index in [4.69, 9.17) is 4.74 Å². The molecule has 6 heteroatoms. The van der Waals surface area contributed by atoms with Crippen LogP contribution in [0.5, 0.6) is 0 Å². The minimum absolute atomic E-state index is 0.215. The number of thiazole rings is 1. The average molecular weight is 409 g/mol. The van der Waals surface area contributed by atoms with E-state index in [0.717, 1.165) is 22.7 Å². The zero-order chi connectivity index (χ0) is 20.8. The summed E-state index contributed by atoms with van der Waals surface area (Å²) < 4.78 is 5.40. The molecular weight excluding hydrogens is 384 g/mol. The number of carbonyl (C=O) groups excluding carboxylic acids is 2. The Labute approximate surface area is 175 Å². The summed E-state index contributed by atoms with van der Waals surface area (Å²) in [7, 11) is 0. The maximum atomic E-state index is 12.8. The Bertz CT molecular complexity index is 967. The molecule has 0 N–H and O–H groups in total. The number of aryl methyl sites for hydroxylation is 1. The highest BCUT2D eigenvalue weighted by Gasteiger charge is 2.25. The molecule has 1 heterocycles. The molecule has 0 aliphatic rings. The highest BCUT2D eigenvalue weighted by Crippen LogP contribution is 2.25. The van der Waals surface area contributed by atoms with Crippen LogP contribution in [0.25, 0.3) is 10.6 Å². The van der Waals surface area contributed by atoms with Crippen LogP contribution in [0, 0.1) is 0 Å². The second kappa shape index (κ2) is 9.47. The molecule has 3 aromatic rings. The Morgan fingerprint density at radius 1 is 1.07 bits per heavy atom. The number of rotatable bonds is 7. The smallest absolute Gasteiger partial charge is 0.358 e. The third-order valence-electron chi connectivity index (χ3n) is 4.60. The van der Waals surface area contributed by atoms with E-state index in [9.17, 15) is 9.59 Å². The number of ether oxygens (including phenoxy) is 1. The van der Waals surface area contributed by atoms with E-state index in [-0.39, 0.29) is 11.6 Å². The summed E-state index contributed by atoms with van der Waals surface area (Å²) in [5, 5.41) is 2.41. The standard InChI is InChI=1S/C23H24N2O3S/c1-4-17-11-13-18(14-12-17)21-24-20(15-29-21)23(27)28-16(3)22(26)25(5-2)19-9-7-6-8-10-19/h6-16H,4-5H2,1-3H3/t16-/m1/s1. The first-order valence-electron chi connectivity index (χ1n) is 9.65. The van der Waals surface area contributed by atoms with Crippen LogP contribution in [0.3, 0.4) is 0 Å². The topological polar surface area (TPSA) is 59.5 Å². The van der Waals surface area contributed by atoms with Crippen molar-refractivity contribution in [1.29, 1.82) is 0 Å². The number of carbonyl (C=O) groups is 2. The maximum Gasteiger partial charge on any atom is 0.358 e. The number of esters is 1. The van der Waals surface area contributed by atoms with Gasteiger partial charge in [0.2, 0.25) is 0 Å². The number of anilines is 1. The van der Waals surface area contributed by atoms with E-state index in [1.807, 2.05) is 49.4 Å². The SMILES string of the molecule is CCc1ccc(-c2nc(C(=O)O[C@H](C)C(=O)N(CC)c3ccccc3)cs2)cc1. The number of hydrogen-bond donors (Lipinski definition) is 0. The van der Waals surface area contributed by atoms with Gasteiger partial charge in [0.25, 0.3) is 5.91 Å². The first kappa shape index (κ1) is 20.7. The molecule has 0 bridgehead atoms. The number of likely N-dealkylation sites (N-methyl/N-ethyl adjacent to an activating group) is 1. The molecule has 1 atom stereocenters. The summed E-state index contributed by atoms with van der Waals surface area (Å²) in [6.07, 6.45) is 0.0657. The fraction of sp³-hybridized carbons (Fsp3) is 0.261. The number of nitrogens with zero attached hydrogens (tertiary/aromatic N) is 2. The Morgan fingerprint density at radius 2 is 1.76 bits per heavy atom. The van der Waals surface area contributed by atoms with Gasteiger partial charge in [0.05, 0.1) is 0 Å². The predicted molar refractivity (Wildman–Crippen MR) is 116 cm³/mol. The number of aromatic nitrogens is 1. The molecule has 2 aromatic carbocycles. The minimum atomic E-state index is -0.906. The normalized spacial score (nSPS) is 11.7. The van der Waals surface area contributed by atoms with Gasteiger partial charge in [0, 0.05) is 23.2 Å². The van der Waals surface area contributed by atoms with Crippen molar-refractivity contribution in [2.24, 2.45) is 0 Å². The summed E-state index contributed by atoms with van der Waals surface area (Å²) in [6.45, 7) is 6.06. The van der Waals surface area contributed by atoms with Gasteiger partial charge < -0.3 is 9.64 Å². The quantitative estimate of drug-likeness (QED) is 0.518. The van der Waals surface area contributed by atoms with Crippen molar-refractivity contribution >= 4 is 28.9 Å². The van der Waals surface area contributed by atoms with Crippen molar-refractivity contribution in [3.63, 3.8) is 0 Å². The lowest BCUT2D eigenvalue weighted by Crippen LogP contribution is -2.40. The summed E-state index contributed by atoms with van der Waals surface area (Å²) >= 11 is 1.38. The van der Waals surface area contributed by atoms with Gasteiger partial charge in [0.15, 0.2) is 11.8 Å². The van der Waals surface area contributed by atoms with Crippen LogP contribution in [0.2, 0.25) is 0 Å². The maximum absolute atomic E-state index is 12.8. The van der Waals surface area contributed by atoms with Crippen molar-refractivity contribution in [1.82, 2.24) is 4.98 Å². The van der Waals surface area contributed by atoms with Crippen molar-refractivity contribution < 1.29 is 14.3 Å². The summed E-state index contributed by atoms with van der Waals surface area (Å²) in [4.78, 5) is 31.3. The third kappa shape index (κ3) is 4.90. The molecule has 150 valence electrons. The van der Waals surface area contributed by atoms with Crippen molar-refractivity contribution in [2.45, 2.75) is 33.3 Å². The molecule has 5 nitrogen and oxygen atoms in total. The Balaban J connectivity index is 1.68. The predicted octanol–water partition coefficient (Wildman–Crippen LogP) is 4.97. The van der Waals surface area contributed by atoms with Gasteiger partial charge in [-0.05, 0) is 38.0 Å². The fourth-order valence-electron chi connectivity index (χ4n) is 2.95. The molecule has 0 fully saturated rings. The summed E-state index contributed by atoms with van der Waals surface area (Å²) in [5.41, 5.74) is 3.19. The average Bonchev–Trinajstić information content (AvgIpc) is 3.25. The first-order valence-corrected chi connectivity index (χ1v) is 10.5. The van der Waals surface area contributed by atoms with E-state index < -0.39 is 12.1 Å². The molecule has 0 radical (unpaired) electrons. The van der Waals surface area contributed by atoms with E-state index in [2.05, 4.69) is 24.0 Å². The lowest BCUT2D eigenvalue weighted by Gasteiger charge is -2.24. The molecule has 0 saturated carbocycles. The molecule has 0 aliphatic heterocycles. The van der Waals surface area contributed by atoms with E-state index in [0.29, 0.717) is 6.54 Å². The van der Waals surface area contributed by atoms with Crippen molar-refractivity contribution in [3.05, 3.63) is 71.2 Å². The van der Waals surface area contributed by atoms with Crippen LogP contribution in [-0.4, -0.2) is 29.5 Å². The highest BCUT2D eigenvalue weighted by molar-refractivity contribution is 7.13. The van der Waals surface area contributed by atoms with Gasteiger partial charge in [-0.2, -0.15) is 0 Å². The van der Waals surface area contributed by atoms with Gasteiger partial charge >= 0.3 is 5.97 Å². The van der Waals surface area contributed by atoms with Gasteiger partial charge in [0.1, 0.15) is 5.01 Å². The minimum Gasteiger partial charge on any atom is -0.448 e. The van der Waals surface area contributed by atoms with Crippen LogP contribution in [0.15, 0.2) is 60.0 Å². The van der Waals surface area contributed by atoms with E-state index >= 15 is 0 Å². The van der Waals surface area contributed by atoms with Crippen LogP contribution < -0.4 is 4.90 Å². The molecule has 0 saturated heterocycles. The molecule has 0 aliphatic carbocycles. The molecule has 3 rings (SSSR count). The Kier molecular flexibility index (Phi) is 6.77. The summed E-state index contributed by atoms with van der Waals surface area (Å²) in [5.74, 6) is -0.861. The highest BCUT2D eigenvalue weighted by atomic mass is 32.1. The fourth-order valence-corrected chi connectivity index (χ4v) is 3.74. The van der Waals surface area contributed by atoms with Gasteiger partial charge in [-0.3, -0.25) is 4.79 Å². The second-order valence-electron chi connectivity index (χ2n) is 6.55. The second-order valence-corrected chi connectivity index (χ2v) is 7.41. The number of amides is 1. The molecule has 0 unspecified atom stereocenters. The van der Waals surface area contributed by atoms with Crippen molar-refractivity contribution in [3.8, 4) is 10.6 Å². The number of para-hydroxylation sites is 1. The Hall–Kier alpha value is -2.99. The van der Waals surface area contributed by atoms with Crippen LogP contribution >= 0.6 is 11.3 Å². The molecule has 1 amide bonds. The largest absolute Gasteiger partial charge is 0.448 e. The van der Waals surface area contributed by atoms with Gasteiger partial charge in [-0.25, -0.2) is 9.78 Å². The van der Waals surface area contributed by atoms with Crippen molar-refractivity contribution in [2.75, 3.05) is 11.4 Å². The first-order chi connectivity index (χ1) is 14.0. The monoisotopic (exact) mass is 408 g/mol. The van der Waals surface area contributed by atoms with E-state index in [1.165, 1.54) is 16.9 Å². The number of hydrogen-bond acceptors (Lipinski definition) is 5. The number of benzene rings is 2. The molecular formula is C23H24N2O3S. The van der Waals surface area contributed by atoms with Crippen LogP contribution in [-0.2, 0) is 16.0 Å². The van der Waals surface area contributed by atoms with Crippen LogP contribution in [0.1, 0.15) is 36.8 Å². The van der Waals surface area contributed by atoms with Crippen LogP contribution in [0.4, 0.5) is 5.69 Å². The van der Waals surface area contributed by atoms with Gasteiger partial charge in [-0.15, -0.1) is 11.3 Å². The lowest BCUT2D eigenvalue weighted by molar-refractivity contribution is -0.126. The van der Waals surface area contributed by atoms with Gasteiger partial charge in [-0.1, -0.05) is 49.4 Å².